The third-order valence-electron chi connectivity index (χ3n) is 7.75. The van der Waals surface area contributed by atoms with Crippen molar-refractivity contribution in [2.24, 2.45) is 11.8 Å². The van der Waals surface area contributed by atoms with Gasteiger partial charge in [-0.3, -0.25) is 0 Å². The molecule has 37 heavy (non-hydrogen) atoms. The van der Waals surface area contributed by atoms with Gasteiger partial charge in [-0.2, -0.15) is 0 Å². The van der Waals surface area contributed by atoms with Gasteiger partial charge in [0.05, 0.1) is 24.4 Å². The summed E-state index contributed by atoms with van der Waals surface area (Å²) in [6.45, 7) is 6.40. The molecule has 0 aromatic heterocycles. The van der Waals surface area contributed by atoms with Crippen LogP contribution in [0.5, 0.6) is 0 Å². The first kappa shape index (κ1) is 28.0. The van der Waals surface area contributed by atoms with Gasteiger partial charge in [0.2, 0.25) is 0 Å². The predicted molar refractivity (Wildman–Crippen MR) is 144 cm³/mol. The Hall–Kier alpha value is -1.99. The maximum absolute atomic E-state index is 12.7. The van der Waals surface area contributed by atoms with Crippen LogP contribution in [0.4, 0.5) is 0 Å². The zero-order valence-corrected chi connectivity index (χ0v) is 22.1. The van der Waals surface area contributed by atoms with E-state index in [4.69, 9.17) is 14.2 Å². The van der Waals surface area contributed by atoms with Crippen molar-refractivity contribution in [3.63, 3.8) is 0 Å². The van der Waals surface area contributed by atoms with E-state index in [1.165, 1.54) is 12.5 Å². The number of aliphatic hydroxyl groups is 2. The van der Waals surface area contributed by atoms with Gasteiger partial charge in [0.1, 0.15) is 18.3 Å². The second kappa shape index (κ2) is 13.7. The third kappa shape index (κ3) is 9.06. The first-order valence-electron chi connectivity index (χ1n) is 14.1. The highest BCUT2D eigenvalue weighted by atomic mass is 16.6. The van der Waals surface area contributed by atoms with Crippen LogP contribution in [0, 0.1) is 11.8 Å². The van der Waals surface area contributed by atoms with Crippen molar-refractivity contribution in [3.05, 3.63) is 60.8 Å². The van der Waals surface area contributed by atoms with Crippen LogP contribution in [0.25, 0.3) is 0 Å². The lowest BCUT2D eigenvalue weighted by atomic mass is 9.91. The highest BCUT2D eigenvalue weighted by molar-refractivity contribution is 5.82. The first-order valence-corrected chi connectivity index (χ1v) is 14.1. The van der Waals surface area contributed by atoms with Crippen molar-refractivity contribution in [2.45, 2.75) is 114 Å². The topological polar surface area (TPSA) is 88.5 Å². The smallest absolute Gasteiger partial charge is 0.330 e. The summed E-state index contributed by atoms with van der Waals surface area (Å²) in [6, 6.07) is 0. The average Bonchev–Trinajstić information content (AvgIpc) is 3.65. The lowest BCUT2D eigenvalue weighted by molar-refractivity contribution is -0.148. The number of allylic oxidation sites excluding steroid dienone is 3. The Kier molecular flexibility index (Phi) is 10.4. The van der Waals surface area contributed by atoms with Crippen LogP contribution < -0.4 is 0 Å². The summed E-state index contributed by atoms with van der Waals surface area (Å²) in [5, 5.41) is 21.7. The van der Waals surface area contributed by atoms with E-state index in [0.717, 1.165) is 44.1 Å². The number of carbonyl (C=O) groups excluding carboxylic acids is 1. The molecule has 1 fully saturated rings. The van der Waals surface area contributed by atoms with Crippen LogP contribution in [-0.2, 0) is 19.0 Å². The van der Waals surface area contributed by atoms with Crippen molar-refractivity contribution < 1.29 is 29.2 Å². The number of cyclic esters (lactones) is 1. The number of rotatable bonds is 3. The largest absolute Gasteiger partial charge is 0.456 e. The Morgan fingerprint density at radius 3 is 2.81 bits per heavy atom. The molecule has 4 rings (SSSR count). The monoisotopic (exact) mass is 512 g/mol. The van der Waals surface area contributed by atoms with Gasteiger partial charge in [-0.05, 0) is 63.2 Å². The fourth-order valence-corrected chi connectivity index (χ4v) is 5.74. The molecular formula is C31H44O6. The fourth-order valence-electron chi connectivity index (χ4n) is 5.74. The molecule has 0 aromatic carbocycles. The molecular weight excluding hydrogens is 468 g/mol. The van der Waals surface area contributed by atoms with Gasteiger partial charge in [-0.25, -0.2) is 4.79 Å². The molecule has 1 unspecified atom stereocenters. The maximum atomic E-state index is 12.7. The Balaban J connectivity index is 1.44. The number of hydrogen-bond donors (Lipinski definition) is 2. The van der Waals surface area contributed by atoms with E-state index >= 15 is 0 Å². The molecule has 0 radical (unpaired) electrons. The summed E-state index contributed by atoms with van der Waals surface area (Å²) < 4.78 is 17.7. The van der Waals surface area contributed by atoms with Gasteiger partial charge in [-0.15, -0.1) is 0 Å². The van der Waals surface area contributed by atoms with Gasteiger partial charge >= 0.3 is 5.97 Å². The van der Waals surface area contributed by atoms with Crippen LogP contribution >= 0.6 is 0 Å². The third-order valence-corrected chi connectivity index (χ3v) is 7.75. The molecule has 4 aliphatic rings. The lowest BCUT2D eigenvalue weighted by Crippen LogP contribution is -2.32. The average molecular weight is 513 g/mol. The Morgan fingerprint density at radius 1 is 1.08 bits per heavy atom. The van der Waals surface area contributed by atoms with Gasteiger partial charge in [0.25, 0.3) is 0 Å². The van der Waals surface area contributed by atoms with Gasteiger partial charge in [0.15, 0.2) is 0 Å². The van der Waals surface area contributed by atoms with Gasteiger partial charge < -0.3 is 24.4 Å². The summed E-state index contributed by atoms with van der Waals surface area (Å²) in [5.41, 5.74) is 1.00. The van der Waals surface area contributed by atoms with Gasteiger partial charge in [0, 0.05) is 12.5 Å². The maximum Gasteiger partial charge on any atom is 0.330 e. The zero-order chi connectivity index (χ0) is 26.2. The van der Waals surface area contributed by atoms with Crippen molar-refractivity contribution >= 4 is 5.97 Å². The lowest BCUT2D eigenvalue weighted by Gasteiger charge is -2.28. The number of ether oxygens (including phenoxy) is 3. The molecule has 0 saturated carbocycles. The summed E-state index contributed by atoms with van der Waals surface area (Å²) >= 11 is 0. The zero-order valence-electron chi connectivity index (χ0n) is 22.1. The van der Waals surface area contributed by atoms with E-state index in [1.807, 2.05) is 12.2 Å². The number of aliphatic hydroxyl groups excluding tert-OH is 2. The van der Waals surface area contributed by atoms with E-state index in [2.05, 4.69) is 31.7 Å². The van der Waals surface area contributed by atoms with Crippen molar-refractivity contribution in [2.75, 3.05) is 0 Å². The minimum absolute atomic E-state index is 0.0727. The molecule has 6 heteroatoms. The molecule has 1 aliphatic carbocycles. The van der Waals surface area contributed by atoms with E-state index < -0.39 is 24.3 Å². The van der Waals surface area contributed by atoms with Crippen molar-refractivity contribution in [3.8, 4) is 0 Å². The molecule has 0 aromatic rings. The Bertz CT molecular complexity index is 888. The number of hydrogen-bond acceptors (Lipinski definition) is 6. The predicted octanol–water partition coefficient (Wildman–Crippen LogP) is 5.12. The van der Waals surface area contributed by atoms with Crippen LogP contribution in [0.3, 0.4) is 0 Å². The molecule has 0 spiro atoms. The Morgan fingerprint density at radius 2 is 1.95 bits per heavy atom. The summed E-state index contributed by atoms with van der Waals surface area (Å²) in [7, 11) is 0. The van der Waals surface area contributed by atoms with E-state index in [9.17, 15) is 15.0 Å². The molecule has 0 amide bonds. The highest BCUT2D eigenvalue weighted by Crippen LogP contribution is 2.35. The van der Waals surface area contributed by atoms with Crippen LogP contribution in [0.15, 0.2) is 60.8 Å². The van der Waals surface area contributed by atoms with Gasteiger partial charge in [-0.1, -0.05) is 68.0 Å². The van der Waals surface area contributed by atoms with Crippen LogP contribution in [-0.4, -0.2) is 58.9 Å². The molecule has 204 valence electrons. The van der Waals surface area contributed by atoms with Crippen molar-refractivity contribution in [1.29, 1.82) is 0 Å². The SMILES string of the molecule is C=C1C[C@H](C)C[C@@H]2CC=C[C@@H](C/C=C\C(=O)O[C@H]([C@@H](O)/C=C/C3C=CCCCC3)C[C@@H]3O[C@H]3[C@@H](O)C1)O2. The minimum Gasteiger partial charge on any atom is -0.456 e. The molecule has 3 heterocycles. The molecule has 3 aliphatic heterocycles. The normalized spacial score (nSPS) is 39.6. The fraction of sp³-hybridized carbons (Fsp3) is 0.645. The molecule has 6 nitrogen and oxygen atoms in total. The highest BCUT2D eigenvalue weighted by Gasteiger charge is 2.46. The quantitative estimate of drug-likeness (QED) is 0.310. The number of epoxide rings is 1. The number of carbonyl (C=O) groups is 1. The number of esters is 1. The Labute approximate surface area is 221 Å². The number of fused-ring (bicyclic) bond motifs is 3. The van der Waals surface area contributed by atoms with Crippen molar-refractivity contribution in [1.82, 2.24) is 0 Å². The minimum atomic E-state index is -0.956. The molecule has 1 saturated heterocycles. The van der Waals surface area contributed by atoms with Crippen LogP contribution in [0.2, 0.25) is 0 Å². The first-order chi connectivity index (χ1) is 17.9. The molecule has 2 bridgehead atoms. The van der Waals surface area contributed by atoms with Crippen LogP contribution in [0.1, 0.15) is 71.1 Å². The second-order valence-corrected chi connectivity index (χ2v) is 11.3. The summed E-state index contributed by atoms with van der Waals surface area (Å²) in [6.07, 6.45) is 21.1. The van der Waals surface area contributed by atoms with E-state index in [1.54, 1.807) is 12.2 Å². The van der Waals surface area contributed by atoms with E-state index in [-0.39, 0.29) is 30.3 Å². The standard InChI is InChI=1S/C31H44O6/c1-21-17-22(2)19-27(33)31-29(37-31)20-28(26(32)16-15-23-9-5-3-4-6-10-23)36-30(34)14-8-12-24-11-7-13-25(18-21)35-24/h5,7-9,11,14-16,21,23-29,31-33H,2-4,6,10,12-13,17-20H2,1H3/b14-8-,16-15+/t21-,23?,24-,25-,26-,27-,28-,29-,31-/m0/s1. The molecule has 9 atom stereocenters. The summed E-state index contributed by atoms with van der Waals surface area (Å²) in [4.78, 5) is 12.7. The van der Waals surface area contributed by atoms with E-state index in [0.29, 0.717) is 25.2 Å². The summed E-state index contributed by atoms with van der Waals surface area (Å²) in [5.74, 6) is 0.176. The second-order valence-electron chi connectivity index (χ2n) is 11.3. The molecule has 2 N–H and O–H groups in total.